The second-order valence-corrected chi connectivity index (χ2v) is 7.14. The molecule has 0 saturated carbocycles. The summed E-state index contributed by atoms with van der Waals surface area (Å²) in [5.41, 5.74) is 0.605. The maximum atomic E-state index is 12.5. The van der Waals surface area contributed by atoms with Crippen molar-refractivity contribution in [1.82, 2.24) is 4.90 Å². The first-order chi connectivity index (χ1) is 13.1. The van der Waals surface area contributed by atoms with Gasteiger partial charge in [-0.15, -0.1) is 11.8 Å². The highest BCUT2D eigenvalue weighted by Gasteiger charge is 2.17. The molecule has 0 aromatic heterocycles. The number of ether oxygens (including phenoxy) is 1. The lowest BCUT2D eigenvalue weighted by molar-refractivity contribution is -0.134. The van der Waals surface area contributed by atoms with Crippen molar-refractivity contribution in [1.29, 1.82) is 0 Å². The average molecular weight is 387 g/mol. The number of methoxy groups -OCH3 is 1. The number of nitrogens with zero attached hydrogens (tertiary/aromatic N) is 1. The molecule has 0 aliphatic rings. The molecule has 6 heteroatoms. The van der Waals surface area contributed by atoms with Gasteiger partial charge in [0.15, 0.2) is 0 Å². The molecule has 2 aromatic rings. The number of hydrogen-bond acceptors (Lipinski definition) is 4. The van der Waals surface area contributed by atoms with E-state index >= 15 is 0 Å². The molecule has 27 heavy (non-hydrogen) atoms. The molecule has 0 saturated heterocycles. The number of rotatable bonds is 10. The molecule has 1 N–H and O–H groups in total. The van der Waals surface area contributed by atoms with Crippen LogP contribution in [0.1, 0.15) is 19.8 Å². The summed E-state index contributed by atoms with van der Waals surface area (Å²) >= 11 is 1.65. The number of carbonyl (C=O) groups is 2. The Morgan fingerprint density at radius 3 is 2.48 bits per heavy atom. The number of carbonyl (C=O) groups excluding carboxylic acids is 2. The minimum atomic E-state index is -0.225. The van der Waals surface area contributed by atoms with E-state index in [1.807, 2.05) is 49.4 Å². The number of amides is 2. The van der Waals surface area contributed by atoms with E-state index < -0.39 is 0 Å². The predicted molar refractivity (Wildman–Crippen MR) is 110 cm³/mol. The van der Waals surface area contributed by atoms with E-state index in [9.17, 15) is 9.59 Å². The molecule has 0 atom stereocenters. The largest absolute Gasteiger partial charge is 0.495 e. The Balaban J connectivity index is 1.87. The maximum Gasteiger partial charge on any atom is 0.244 e. The van der Waals surface area contributed by atoms with E-state index in [-0.39, 0.29) is 18.4 Å². The molecule has 0 aliphatic carbocycles. The van der Waals surface area contributed by atoms with Crippen molar-refractivity contribution < 1.29 is 14.3 Å². The first kappa shape index (κ1) is 20.8. The molecular formula is C21H26N2O3S. The van der Waals surface area contributed by atoms with Crippen LogP contribution in [-0.4, -0.2) is 42.7 Å². The Bertz CT molecular complexity index is 737. The average Bonchev–Trinajstić information content (AvgIpc) is 2.68. The van der Waals surface area contributed by atoms with Gasteiger partial charge in [-0.05, 0) is 30.7 Å². The molecule has 0 spiro atoms. The Hall–Kier alpha value is -2.47. The van der Waals surface area contributed by atoms with Gasteiger partial charge in [-0.1, -0.05) is 37.3 Å². The summed E-state index contributed by atoms with van der Waals surface area (Å²) in [5, 5.41) is 2.82. The van der Waals surface area contributed by atoms with E-state index in [4.69, 9.17) is 4.74 Å². The van der Waals surface area contributed by atoms with Gasteiger partial charge >= 0.3 is 0 Å². The second-order valence-electron chi connectivity index (χ2n) is 5.98. The van der Waals surface area contributed by atoms with Crippen molar-refractivity contribution in [3.63, 3.8) is 0 Å². The third-order valence-corrected chi connectivity index (χ3v) is 4.90. The number of anilines is 1. The van der Waals surface area contributed by atoms with Gasteiger partial charge in [0.25, 0.3) is 0 Å². The van der Waals surface area contributed by atoms with Gasteiger partial charge in [-0.2, -0.15) is 0 Å². The number of nitrogens with one attached hydrogen (secondary N) is 1. The van der Waals surface area contributed by atoms with Gasteiger partial charge in [0.1, 0.15) is 5.75 Å². The van der Waals surface area contributed by atoms with E-state index in [0.29, 0.717) is 30.2 Å². The lowest BCUT2D eigenvalue weighted by atomic mass is 10.3. The fourth-order valence-electron chi connectivity index (χ4n) is 2.60. The summed E-state index contributed by atoms with van der Waals surface area (Å²) in [7, 11) is 1.56. The normalized spacial score (nSPS) is 10.3. The van der Waals surface area contributed by atoms with Crippen LogP contribution in [-0.2, 0) is 9.59 Å². The molecule has 0 aliphatic heterocycles. The van der Waals surface area contributed by atoms with Crippen molar-refractivity contribution in [2.45, 2.75) is 24.7 Å². The molecule has 0 unspecified atom stereocenters. The smallest absolute Gasteiger partial charge is 0.244 e. The number of hydrogen-bond donors (Lipinski definition) is 1. The minimum Gasteiger partial charge on any atom is -0.495 e. The van der Waals surface area contributed by atoms with E-state index in [0.717, 1.165) is 11.3 Å². The Morgan fingerprint density at radius 1 is 1.07 bits per heavy atom. The summed E-state index contributed by atoms with van der Waals surface area (Å²) in [6.07, 6.45) is 1.21. The highest BCUT2D eigenvalue weighted by Crippen LogP contribution is 2.23. The highest BCUT2D eigenvalue weighted by molar-refractivity contribution is 7.99. The third kappa shape index (κ3) is 6.98. The molecule has 5 nitrogen and oxygen atoms in total. The fourth-order valence-corrected chi connectivity index (χ4v) is 3.47. The third-order valence-electron chi connectivity index (χ3n) is 3.89. The summed E-state index contributed by atoms with van der Waals surface area (Å²) in [4.78, 5) is 27.7. The molecule has 2 rings (SSSR count). The van der Waals surface area contributed by atoms with Crippen molar-refractivity contribution >= 4 is 29.3 Å². The summed E-state index contributed by atoms with van der Waals surface area (Å²) in [6, 6.07) is 17.2. The van der Waals surface area contributed by atoms with E-state index in [2.05, 4.69) is 5.32 Å². The molecule has 0 heterocycles. The van der Waals surface area contributed by atoms with Gasteiger partial charge in [0.2, 0.25) is 11.8 Å². The van der Waals surface area contributed by atoms with Gasteiger partial charge in [0.05, 0.1) is 19.3 Å². The maximum absolute atomic E-state index is 12.5. The zero-order valence-corrected chi connectivity index (χ0v) is 16.6. The van der Waals surface area contributed by atoms with Gasteiger partial charge in [0, 0.05) is 23.6 Å². The number of thioether (sulfide) groups is 1. The second kappa shape index (κ2) is 11.3. The van der Waals surface area contributed by atoms with Crippen LogP contribution in [0.3, 0.4) is 0 Å². The lowest BCUT2D eigenvalue weighted by Gasteiger charge is -2.22. The van der Waals surface area contributed by atoms with E-state index in [1.165, 1.54) is 0 Å². The van der Waals surface area contributed by atoms with Crippen molar-refractivity contribution in [2.24, 2.45) is 0 Å². The van der Waals surface area contributed by atoms with Gasteiger partial charge in [-0.25, -0.2) is 0 Å². The Labute approximate surface area is 165 Å². The van der Waals surface area contributed by atoms with Crippen molar-refractivity contribution in [3.05, 3.63) is 54.6 Å². The van der Waals surface area contributed by atoms with E-state index in [1.54, 1.807) is 35.9 Å². The van der Waals surface area contributed by atoms with Crippen molar-refractivity contribution in [3.8, 4) is 5.75 Å². The molecule has 0 bridgehead atoms. The van der Waals surface area contributed by atoms with Crippen LogP contribution in [0.15, 0.2) is 59.5 Å². The van der Waals surface area contributed by atoms with Crippen LogP contribution in [0.2, 0.25) is 0 Å². The first-order valence-corrected chi connectivity index (χ1v) is 10.0. The topological polar surface area (TPSA) is 58.6 Å². The van der Waals surface area contributed by atoms with Crippen LogP contribution >= 0.6 is 11.8 Å². The molecule has 2 aromatic carbocycles. The Morgan fingerprint density at radius 2 is 1.78 bits per heavy atom. The molecule has 2 amide bonds. The van der Waals surface area contributed by atoms with Gasteiger partial charge in [-0.3, -0.25) is 9.59 Å². The van der Waals surface area contributed by atoms with Gasteiger partial charge < -0.3 is 15.0 Å². The first-order valence-electron chi connectivity index (χ1n) is 9.02. The van der Waals surface area contributed by atoms with Crippen LogP contribution < -0.4 is 10.1 Å². The zero-order chi connectivity index (χ0) is 19.5. The van der Waals surface area contributed by atoms with Crippen LogP contribution in [0.25, 0.3) is 0 Å². The number of para-hydroxylation sites is 2. The Kier molecular flexibility index (Phi) is 8.71. The van der Waals surface area contributed by atoms with Crippen LogP contribution in [0.5, 0.6) is 5.75 Å². The summed E-state index contributed by atoms with van der Waals surface area (Å²) in [6.45, 7) is 2.60. The lowest BCUT2D eigenvalue weighted by Crippen LogP contribution is -2.38. The van der Waals surface area contributed by atoms with Crippen LogP contribution in [0.4, 0.5) is 5.69 Å². The zero-order valence-electron chi connectivity index (χ0n) is 15.8. The monoisotopic (exact) mass is 386 g/mol. The molecule has 144 valence electrons. The fraction of sp³-hybridized carbons (Fsp3) is 0.333. The minimum absolute atomic E-state index is 0.00421. The van der Waals surface area contributed by atoms with Crippen LogP contribution in [0, 0.1) is 0 Å². The molecule has 0 fully saturated rings. The highest BCUT2D eigenvalue weighted by atomic mass is 32.2. The van der Waals surface area contributed by atoms with Crippen molar-refractivity contribution in [2.75, 3.05) is 31.3 Å². The summed E-state index contributed by atoms with van der Waals surface area (Å²) < 4.78 is 5.24. The number of benzene rings is 2. The summed E-state index contributed by atoms with van der Waals surface area (Å²) in [5.74, 6) is 1.06. The predicted octanol–water partition coefficient (Wildman–Crippen LogP) is 4.05. The molecular weight excluding hydrogens is 360 g/mol. The quantitative estimate of drug-likeness (QED) is 0.626. The SMILES string of the molecule is CCCN(CC(=O)Nc1ccccc1OC)C(=O)CCSc1ccccc1. The molecule has 0 radical (unpaired) electrons. The standard InChI is InChI=1S/C21H26N2O3S/c1-3-14-23(21(25)13-15-27-17-9-5-4-6-10-17)16-20(24)22-18-11-7-8-12-19(18)26-2/h4-12H,3,13-16H2,1-2H3,(H,22,24).